The Morgan fingerprint density at radius 1 is 1.26 bits per heavy atom. The first-order valence-corrected chi connectivity index (χ1v) is 14.4. The summed E-state index contributed by atoms with van der Waals surface area (Å²) in [6.07, 6.45) is 10.5. The number of hydrogen-bond donors (Lipinski definition) is 1. The topological polar surface area (TPSA) is 55.8 Å². The molecule has 31 heavy (non-hydrogen) atoms. The van der Waals surface area contributed by atoms with Crippen LogP contribution in [0.4, 0.5) is 0 Å². The molecule has 0 aromatic rings. The Labute approximate surface area is 190 Å². The van der Waals surface area contributed by atoms with Gasteiger partial charge in [0.15, 0.2) is 20.4 Å². The molecule has 2 rings (SSSR count). The monoisotopic (exact) mass is 446 g/mol. The zero-order chi connectivity index (χ0) is 23.4. The van der Waals surface area contributed by atoms with E-state index in [-0.39, 0.29) is 29.3 Å². The second-order valence-corrected chi connectivity index (χ2v) is 15.6. The molecule has 0 aromatic carbocycles. The molecule has 4 nitrogen and oxygen atoms in total. The fourth-order valence-electron chi connectivity index (χ4n) is 3.99. The Hall–Kier alpha value is -1.43. The number of rotatable bonds is 9. The van der Waals surface area contributed by atoms with Crippen LogP contribution >= 0.6 is 0 Å². The van der Waals surface area contributed by atoms with E-state index in [1.807, 2.05) is 6.92 Å². The Morgan fingerprint density at radius 3 is 2.52 bits per heavy atom. The van der Waals surface area contributed by atoms with Gasteiger partial charge in [0.1, 0.15) is 0 Å². The number of carbonyl (C=O) groups is 1. The second kappa shape index (κ2) is 10.5. The highest BCUT2D eigenvalue weighted by molar-refractivity contribution is 6.74. The van der Waals surface area contributed by atoms with Gasteiger partial charge in [0.2, 0.25) is 0 Å². The summed E-state index contributed by atoms with van der Waals surface area (Å²) in [5.74, 6) is 0.258. The third-order valence-electron chi connectivity index (χ3n) is 6.90. The molecular weight excluding hydrogens is 404 g/mol. The molecule has 0 bridgehead atoms. The molecule has 0 unspecified atom stereocenters. The number of carbonyl (C=O) groups excluding carboxylic acids is 1. The van der Waals surface area contributed by atoms with Crippen LogP contribution in [0, 0.1) is 11.8 Å². The molecule has 0 amide bonds. The van der Waals surface area contributed by atoms with Gasteiger partial charge in [-0.2, -0.15) is 0 Å². The van der Waals surface area contributed by atoms with E-state index in [4.69, 9.17) is 9.16 Å². The third kappa shape index (κ3) is 6.77. The van der Waals surface area contributed by atoms with Crippen LogP contribution in [0.25, 0.3) is 0 Å². The minimum atomic E-state index is -2.04. The van der Waals surface area contributed by atoms with E-state index in [1.54, 1.807) is 12.3 Å². The largest absolute Gasteiger partial charge is 0.473 e. The van der Waals surface area contributed by atoms with Crippen molar-refractivity contribution < 1.29 is 19.1 Å². The predicted octanol–water partition coefficient (Wildman–Crippen LogP) is 6.46. The van der Waals surface area contributed by atoms with Gasteiger partial charge in [0.05, 0.1) is 18.8 Å². The van der Waals surface area contributed by atoms with Crippen LogP contribution in [-0.4, -0.2) is 32.1 Å². The van der Waals surface area contributed by atoms with Crippen LogP contribution in [0.5, 0.6) is 0 Å². The Balaban J connectivity index is 2.12. The van der Waals surface area contributed by atoms with Gasteiger partial charge in [-0.3, -0.25) is 4.79 Å². The highest BCUT2D eigenvalue weighted by atomic mass is 28.4. The number of aliphatic hydroxyl groups is 1. The average Bonchev–Trinajstić information content (AvgIpc) is 3.07. The first-order chi connectivity index (χ1) is 14.4. The van der Waals surface area contributed by atoms with Crippen LogP contribution in [0.1, 0.15) is 67.2 Å². The molecule has 5 heteroatoms. The van der Waals surface area contributed by atoms with Gasteiger partial charge in [0, 0.05) is 6.42 Å². The summed E-state index contributed by atoms with van der Waals surface area (Å²) in [7, 11) is -2.04. The number of fused-ring (bicyclic) bond motifs is 1. The molecule has 0 aromatic heterocycles. The lowest BCUT2D eigenvalue weighted by Gasteiger charge is -2.43. The summed E-state index contributed by atoms with van der Waals surface area (Å²) < 4.78 is 12.7. The van der Waals surface area contributed by atoms with Crippen LogP contribution in [0.2, 0.25) is 18.1 Å². The molecule has 1 heterocycles. The lowest BCUT2D eigenvalue weighted by atomic mass is 9.81. The number of hydrogen-bond acceptors (Lipinski definition) is 4. The van der Waals surface area contributed by atoms with E-state index < -0.39 is 14.6 Å². The Kier molecular flexibility index (Phi) is 8.71. The van der Waals surface area contributed by atoms with Crippen LogP contribution in [0.15, 0.2) is 46.8 Å². The summed E-state index contributed by atoms with van der Waals surface area (Å²) in [5.41, 5.74) is 4.40. The summed E-state index contributed by atoms with van der Waals surface area (Å²) in [5, 5.41) is 9.99. The van der Waals surface area contributed by atoms with Crippen molar-refractivity contribution in [1.82, 2.24) is 0 Å². The van der Waals surface area contributed by atoms with Crippen molar-refractivity contribution in [3.05, 3.63) is 46.8 Å². The van der Waals surface area contributed by atoms with Crippen molar-refractivity contribution in [3.8, 4) is 0 Å². The molecule has 0 saturated carbocycles. The molecule has 1 aliphatic heterocycles. The summed E-state index contributed by atoms with van der Waals surface area (Å²) >= 11 is 0. The fraction of sp³-hybridized carbons (Fsp3) is 0.654. The van der Waals surface area contributed by atoms with Gasteiger partial charge in [-0.15, -0.1) is 0 Å². The maximum atomic E-state index is 12.7. The van der Waals surface area contributed by atoms with Gasteiger partial charge in [-0.05, 0) is 81.3 Å². The first-order valence-electron chi connectivity index (χ1n) is 11.5. The highest BCUT2D eigenvalue weighted by Crippen LogP contribution is 2.47. The van der Waals surface area contributed by atoms with Gasteiger partial charge in [-0.1, -0.05) is 44.1 Å². The van der Waals surface area contributed by atoms with Crippen molar-refractivity contribution in [2.24, 2.45) is 11.8 Å². The van der Waals surface area contributed by atoms with E-state index in [2.05, 4.69) is 59.9 Å². The van der Waals surface area contributed by atoms with E-state index in [0.29, 0.717) is 6.42 Å². The molecular formula is C26H42O4Si. The van der Waals surface area contributed by atoms with Crippen molar-refractivity contribution in [2.45, 2.75) is 91.6 Å². The molecule has 2 aliphatic rings. The van der Waals surface area contributed by atoms with Gasteiger partial charge in [-0.25, -0.2) is 0 Å². The molecule has 1 aliphatic carbocycles. The van der Waals surface area contributed by atoms with Crippen LogP contribution in [0.3, 0.4) is 0 Å². The van der Waals surface area contributed by atoms with E-state index in [0.717, 1.165) is 36.0 Å². The number of ether oxygens (including phenoxy) is 1. The molecule has 1 N–H and O–H groups in total. The van der Waals surface area contributed by atoms with Crippen molar-refractivity contribution in [2.75, 3.05) is 6.61 Å². The molecule has 174 valence electrons. The second-order valence-electron chi connectivity index (χ2n) is 10.8. The zero-order valence-electron chi connectivity index (χ0n) is 20.7. The maximum Gasteiger partial charge on any atom is 0.197 e. The molecule has 0 spiro atoms. The summed E-state index contributed by atoms with van der Waals surface area (Å²) in [4.78, 5) is 12.7. The quantitative estimate of drug-likeness (QED) is 0.251. The molecule has 0 radical (unpaired) electrons. The number of aliphatic hydroxyl groups excluding tert-OH is 1. The Morgan fingerprint density at radius 2 is 1.94 bits per heavy atom. The number of ketones is 1. The average molecular weight is 447 g/mol. The maximum absolute atomic E-state index is 12.7. The van der Waals surface area contributed by atoms with Crippen molar-refractivity contribution in [1.29, 1.82) is 0 Å². The summed E-state index contributed by atoms with van der Waals surface area (Å²) in [6, 6.07) is 0. The van der Waals surface area contributed by atoms with Crippen LogP contribution < -0.4 is 0 Å². The highest BCUT2D eigenvalue weighted by Gasteiger charge is 2.47. The smallest absolute Gasteiger partial charge is 0.197 e. The van der Waals surface area contributed by atoms with Gasteiger partial charge >= 0.3 is 0 Å². The SMILES string of the molecule is CC(C)=CCC/C(C)=C/C(=O)CC1=CO[C@@H](O[Si](C)(C)C(C)(C)C)[C@@H]2C(CO)=CC[C@H]12. The van der Waals surface area contributed by atoms with Gasteiger partial charge < -0.3 is 14.3 Å². The standard InChI is InChI=1S/C26H42O4Si/c1-18(2)10-9-11-19(3)14-22(28)15-21-17-29-25(30-31(7,8)26(4,5)6)24-20(16-27)12-13-23(21)24/h10,12,14,17,23-25,27H,9,11,13,15-16H2,1-8H3/b19-14+/t23-,24-,25+/m1/s1. The molecule has 3 atom stereocenters. The third-order valence-corrected chi connectivity index (χ3v) is 11.3. The normalized spacial score (nSPS) is 24.2. The molecule has 0 fully saturated rings. The van der Waals surface area contributed by atoms with E-state index in [9.17, 15) is 9.90 Å². The minimum absolute atomic E-state index is 0.00644. The van der Waals surface area contributed by atoms with E-state index in [1.165, 1.54) is 5.57 Å². The predicted molar refractivity (Wildman–Crippen MR) is 130 cm³/mol. The van der Waals surface area contributed by atoms with Gasteiger partial charge in [0.25, 0.3) is 0 Å². The Bertz CT molecular complexity index is 776. The van der Waals surface area contributed by atoms with Crippen molar-refractivity contribution in [3.63, 3.8) is 0 Å². The fourth-order valence-corrected chi connectivity index (χ4v) is 5.13. The first kappa shape index (κ1) is 25.8. The van der Waals surface area contributed by atoms with Crippen LogP contribution in [-0.2, 0) is 14.0 Å². The number of allylic oxidation sites excluding steroid dienone is 6. The lowest BCUT2D eigenvalue weighted by molar-refractivity contribution is -0.115. The summed E-state index contributed by atoms with van der Waals surface area (Å²) in [6.45, 7) is 17.3. The van der Waals surface area contributed by atoms with Crippen molar-refractivity contribution >= 4 is 14.1 Å². The minimum Gasteiger partial charge on any atom is -0.473 e. The van der Waals surface area contributed by atoms with E-state index >= 15 is 0 Å². The molecule has 0 saturated heterocycles. The zero-order valence-corrected chi connectivity index (χ0v) is 21.7. The lowest BCUT2D eigenvalue weighted by Crippen LogP contribution is -2.48.